The molecule has 2 aromatic rings. The molecule has 0 saturated heterocycles. The molecule has 32 heavy (non-hydrogen) atoms. The molecule has 0 heterocycles. The van der Waals surface area contributed by atoms with E-state index < -0.39 is 23.3 Å². The van der Waals surface area contributed by atoms with Gasteiger partial charge in [-0.15, -0.1) is 0 Å². The van der Waals surface area contributed by atoms with E-state index in [9.17, 15) is 14.0 Å². The summed E-state index contributed by atoms with van der Waals surface area (Å²) < 4.78 is 20.2. The average Bonchev–Trinajstić information content (AvgIpc) is 2.69. The van der Waals surface area contributed by atoms with E-state index in [1.165, 1.54) is 11.0 Å². The fourth-order valence-electron chi connectivity index (χ4n) is 3.30. The largest absolute Gasteiger partial charge is 0.483 e. The molecule has 1 N–H and O–H groups in total. The zero-order valence-electron chi connectivity index (χ0n) is 20.2. The van der Waals surface area contributed by atoms with Crippen molar-refractivity contribution in [2.75, 3.05) is 6.61 Å². The minimum Gasteiger partial charge on any atom is -0.483 e. The van der Waals surface area contributed by atoms with Crippen LogP contribution in [0.5, 0.6) is 5.75 Å². The van der Waals surface area contributed by atoms with Gasteiger partial charge < -0.3 is 15.0 Å². The lowest BCUT2D eigenvalue weighted by molar-refractivity contribution is -0.142. The van der Waals surface area contributed by atoms with Crippen molar-refractivity contribution < 1.29 is 18.7 Å². The molecule has 0 aliphatic heterocycles. The van der Waals surface area contributed by atoms with Crippen LogP contribution in [-0.2, 0) is 21.5 Å². The lowest BCUT2D eigenvalue weighted by Gasteiger charge is -2.31. The first-order valence-corrected chi connectivity index (χ1v) is 10.9. The molecular formula is C26H35FN2O3. The van der Waals surface area contributed by atoms with Gasteiger partial charge in [0.1, 0.15) is 17.6 Å². The molecule has 0 unspecified atom stereocenters. The molecule has 0 bridgehead atoms. The van der Waals surface area contributed by atoms with E-state index in [0.29, 0.717) is 11.3 Å². The van der Waals surface area contributed by atoms with Gasteiger partial charge >= 0.3 is 0 Å². The number of rotatable bonds is 7. The zero-order chi connectivity index (χ0) is 24.1. The van der Waals surface area contributed by atoms with Crippen LogP contribution in [0.25, 0.3) is 0 Å². The van der Waals surface area contributed by atoms with Gasteiger partial charge in [-0.3, -0.25) is 9.59 Å². The van der Waals surface area contributed by atoms with Crippen LogP contribution in [0.4, 0.5) is 4.39 Å². The van der Waals surface area contributed by atoms with Gasteiger partial charge in [-0.1, -0.05) is 57.2 Å². The highest BCUT2D eigenvalue weighted by Gasteiger charge is 2.29. The first-order chi connectivity index (χ1) is 14.8. The molecule has 0 saturated carbocycles. The SMILES string of the molecule is C[C@@H](C(=O)NC(C)(C)C)N(Cc1ccccc1F)C(=O)COc1ccccc1C(C)(C)C. The van der Waals surface area contributed by atoms with Crippen molar-refractivity contribution in [1.29, 1.82) is 0 Å². The Morgan fingerprint density at radius 1 is 1.00 bits per heavy atom. The number of halogens is 1. The summed E-state index contributed by atoms with van der Waals surface area (Å²) in [6, 6.07) is 13.0. The molecule has 0 spiro atoms. The number of carbonyl (C=O) groups excluding carboxylic acids is 2. The maximum Gasteiger partial charge on any atom is 0.261 e. The van der Waals surface area contributed by atoms with E-state index in [1.807, 2.05) is 45.0 Å². The topological polar surface area (TPSA) is 58.6 Å². The van der Waals surface area contributed by atoms with E-state index in [4.69, 9.17) is 4.74 Å². The summed E-state index contributed by atoms with van der Waals surface area (Å²) in [5.41, 5.74) is 0.699. The molecule has 5 nitrogen and oxygen atoms in total. The Morgan fingerprint density at radius 2 is 1.59 bits per heavy atom. The summed E-state index contributed by atoms with van der Waals surface area (Å²) in [5, 5.41) is 2.89. The molecule has 1 atom stereocenters. The zero-order valence-corrected chi connectivity index (χ0v) is 20.2. The second-order valence-electron chi connectivity index (χ2n) is 10.1. The van der Waals surface area contributed by atoms with Crippen LogP contribution in [0.1, 0.15) is 59.6 Å². The van der Waals surface area contributed by atoms with Crippen molar-refractivity contribution in [3.63, 3.8) is 0 Å². The van der Waals surface area contributed by atoms with E-state index in [-0.39, 0.29) is 24.5 Å². The van der Waals surface area contributed by atoms with Crippen molar-refractivity contribution in [2.45, 2.75) is 72.0 Å². The summed E-state index contributed by atoms with van der Waals surface area (Å²) in [6.45, 7) is 13.2. The maximum absolute atomic E-state index is 14.3. The third-order valence-electron chi connectivity index (χ3n) is 5.01. The number of benzene rings is 2. The van der Waals surface area contributed by atoms with Crippen LogP contribution in [0.2, 0.25) is 0 Å². The number of carbonyl (C=O) groups is 2. The predicted octanol–water partition coefficient (Wildman–Crippen LogP) is 4.83. The number of para-hydroxylation sites is 1. The Labute approximate surface area is 191 Å². The Bertz CT molecular complexity index is 945. The second-order valence-corrected chi connectivity index (χ2v) is 10.1. The van der Waals surface area contributed by atoms with Gasteiger partial charge in [0.05, 0.1) is 0 Å². The summed E-state index contributed by atoms with van der Waals surface area (Å²) >= 11 is 0. The Morgan fingerprint density at radius 3 is 2.19 bits per heavy atom. The molecule has 2 aromatic carbocycles. The lowest BCUT2D eigenvalue weighted by Crippen LogP contribution is -2.53. The Kier molecular flexibility index (Phi) is 8.05. The van der Waals surface area contributed by atoms with Crippen molar-refractivity contribution >= 4 is 11.8 Å². The van der Waals surface area contributed by atoms with Crippen LogP contribution >= 0.6 is 0 Å². The first kappa shape index (κ1) is 25.4. The third-order valence-corrected chi connectivity index (χ3v) is 5.01. The number of nitrogens with one attached hydrogen (secondary N) is 1. The maximum atomic E-state index is 14.3. The van der Waals surface area contributed by atoms with E-state index >= 15 is 0 Å². The molecule has 0 fully saturated rings. The van der Waals surface area contributed by atoms with Gasteiger partial charge in [0, 0.05) is 17.6 Å². The van der Waals surface area contributed by atoms with Crippen molar-refractivity contribution in [2.24, 2.45) is 0 Å². The van der Waals surface area contributed by atoms with Crippen molar-refractivity contribution in [3.05, 3.63) is 65.5 Å². The minimum absolute atomic E-state index is 0.0332. The summed E-state index contributed by atoms with van der Waals surface area (Å²) in [7, 11) is 0. The van der Waals surface area contributed by atoms with Crippen LogP contribution < -0.4 is 10.1 Å². The third kappa shape index (κ3) is 7.08. The van der Waals surface area contributed by atoms with Gasteiger partial charge in [-0.05, 0) is 50.8 Å². The quantitative estimate of drug-likeness (QED) is 0.668. The van der Waals surface area contributed by atoms with Gasteiger partial charge in [-0.25, -0.2) is 4.39 Å². The molecule has 0 aliphatic carbocycles. The molecule has 2 rings (SSSR count). The highest BCUT2D eigenvalue weighted by atomic mass is 19.1. The van der Waals surface area contributed by atoms with Crippen LogP contribution in [0, 0.1) is 5.82 Å². The molecule has 2 amide bonds. The number of nitrogens with zero attached hydrogens (tertiary/aromatic N) is 1. The van der Waals surface area contributed by atoms with Crippen molar-refractivity contribution in [1.82, 2.24) is 10.2 Å². The molecular weight excluding hydrogens is 407 g/mol. The van der Waals surface area contributed by atoms with Crippen LogP contribution in [0.15, 0.2) is 48.5 Å². The summed E-state index contributed by atoms with van der Waals surface area (Å²) in [4.78, 5) is 27.4. The summed E-state index contributed by atoms with van der Waals surface area (Å²) in [6.07, 6.45) is 0. The predicted molar refractivity (Wildman–Crippen MR) is 125 cm³/mol. The number of hydrogen-bond acceptors (Lipinski definition) is 3. The van der Waals surface area contributed by atoms with E-state index in [2.05, 4.69) is 26.1 Å². The Hall–Kier alpha value is -2.89. The minimum atomic E-state index is -0.803. The number of hydrogen-bond donors (Lipinski definition) is 1. The smallest absolute Gasteiger partial charge is 0.261 e. The van der Waals surface area contributed by atoms with Gasteiger partial charge in [0.25, 0.3) is 5.91 Å². The summed E-state index contributed by atoms with van der Waals surface area (Å²) in [5.74, 6) is -0.510. The van der Waals surface area contributed by atoms with Gasteiger partial charge in [0.15, 0.2) is 6.61 Å². The highest BCUT2D eigenvalue weighted by Crippen LogP contribution is 2.31. The molecule has 174 valence electrons. The van der Waals surface area contributed by atoms with Crippen molar-refractivity contribution in [3.8, 4) is 5.75 Å². The highest BCUT2D eigenvalue weighted by molar-refractivity contribution is 5.88. The van der Waals surface area contributed by atoms with E-state index in [1.54, 1.807) is 25.1 Å². The average molecular weight is 443 g/mol. The van der Waals surface area contributed by atoms with E-state index in [0.717, 1.165) is 5.56 Å². The van der Waals surface area contributed by atoms with Crippen LogP contribution in [0.3, 0.4) is 0 Å². The normalized spacial score (nSPS) is 12.8. The monoisotopic (exact) mass is 442 g/mol. The number of ether oxygens (including phenoxy) is 1. The molecule has 0 aromatic heterocycles. The number of amides is 2. The van der Waals surface area contributed by atoms with Crippen LogP contribution in [-0.4, -0.2) is 34.9 Å². The molecule has 0 radical (unpaired) electrons. The second kappa shape index (κ2) is 10.2. The Balaban J connectivity index is 2.26. The first-order valence-electron chi connectivity index (χ1n) is 10.9. The van der Waals surface area contributed by atoms with Gasteiger partial charge in [-0.2, -0.15) is 0 Å². The van der Waals surface area contributed by atoms with Gasteiger partial charge in [0.2, 0.25) is 5.91 Å². The fourth-order valence-corrected chi connectivity index (χ4v) is 3.30. The molecule has 6 heteroatoms. The fraction of sp³-hybridized carbons (Fsp3) is 0.462. The molecule has 0 aliphatic rings. The standard InChI is InChI=1S/C26H35FN2O3/c1-18(24(31)28-26(5,6)7)29(16-19-12-8-10-14-21(19)27)23(30)17-32-22-15-11-9-13-20(22)25(2,3)4/h8-15,18H,16-17H2,1-7H3,(H,28,31)/t18-/m0/s1. The lowest BCUT2D eigenvalue weighted by atomic mass is 9.86.